The van der Waals surface area contributed by atoms with E-state index in [1.807, 2.05) is 11.6 Å². The molecule has 0 aromatic carbocycles. The van der Waals surface area contributed by atoms with Gasteiger partial charge in [-0.1, -0.05) is 0 Å². The van der Waals surface area contributed by atoms with Gasteiger partial charge in [0.1, 0.15) is 5.01 Å². The second-order valence-corrected chi connectivity index (χ2v) is 7.48. The number of likely N-dealkylation sites (tertiary alicyclic amines) is 1. The number of piperidine rings is 1. The van der Waals surface area contributed by atoms with Crippen LogP contribution in [0.25, 0.3) is 0 Å². The van der Waals surface area contributed by atoms with Gasteiger partial charge in [0, 0.05) is 55.5 Å². The minimum absolute atomic E-state index is 0.0231. The number of rotatable bonds is 4. The Morgan fingerprint density at radius 1 is 1.32 bits per heavy atom. The Labute approximate surface area is 150 Å². The highest BCUT2D eigenvalue weighted by molar-refractivity contribution is 7.09. The fourth-order valence-corrected chi connectivity index (χ4v) is 4.42. The van der Waals surface area contributed by atoms with Crippen LogP contribution < -0.4 is 5.32 Å². The first-order valence-electron chi connectivity index (χ1n) is 8.59. The summed E-state index contributed by atoms with van der Waals surface area (Å²) >= 11 is 1.68. The first-order chi connectivity index (χ1) is 12.3. The van der Waals surface area contributed by atoms with Gasteiger partial charge in [0.2, 0.25) is 5.91 Å². The van der Waals surface area contributed by atoms with Gasteiger partial charge in [0.25, 0.3) is 0 Å². The van der Waals surface area contributed by atoms with E-state index in [1.165, 1.54) is 0 Å². The Morgan fingerprint density at radius 2 is 2.28 bits per heavy atom. The number of ether oxygens (including phenoxy) is 1. The molecule has 7 nitrogen and oxygen atoms in total. The molecule has 2 aliphatic heterocycles. The van der Waals surface area contributed by atoms with E-state index in [4.69, 9.17) is 4.74 Å². The van der Waals surface area contributed by atoms with E-state index in [0.717, 1.165) is 37.5 Å². The summed E-state index contributed by atoms with van der Waals surface area (Å²) < 4.78 is 5.95. The highest BCUT2D eigenvalue weighted by atomic mass is 32.1. The van der Waals surface area contributed by atoms with Crippen molar-refractivity contribution in [3.8, 4) is 0 Å². The zero-order valence-corrected chi connectivity index (χ0v) is 14.7. The maximum Gasteiger partial charge on any atom is 0.229 e. The Kier molecular flexibility index (Phi) is 5.00. The van der Waals surface area contributed by atoms with Crippen molar-refractivity contribution in [3.63, 3.8) is 0 Å². The van der Waals surface area contributed by atoms with Gasteiger partial charge in [-0.2, -0.15) is 0 Å². The molecule has 25 heavy (non-hydrogen) atoms. The maximum absolute atomic E-state index is 12.8. The molecule has 0 unspecified atom stereocenters. The Balaban J connectivity index is 1.43. The molecule has 1 N–H and O–H groups in total. The van der Waals surface area contributed by atoms with Crippen molar-refractivity contribution >= 4 is 23.1 Å². The summed E-state index contributed by atoms with van der Waals surface area (Å²) in [6.07, 6.45) is 8.47. The molecule has 0 bridgehead atoms. The molecule has 2 aliphatic rings. The number of nitrogens with zero attached hydrogens (tertiary/aromatic N) is 4. The maximum atomic E-state index is 12.8. The van der Waals surface area contributed by atoms with E-state index in [0.29, 0.717) is 12.4 Å². The lowest BCUT2D eigenvalue weighted by atomic mass is 9.79. The van der Waals surface area contributed by atoms with Crippen molar-refractivity contribution in [2.75, 3.05) is 25.0 Å². The largest absolute Gasteiger partial charge is 0.378 e. The number of nitrogens with one attached hydrogen (secondary N) is 1. The van der Waals surface area contributed by atoms with Crippen LogP contribution in [-0.4, -0.2) is 51.6 Å². The molecule has 0 radical (unpaired) electrons. The number of hydrogen-bond donors (Lipinski definition) is 1. The van der Waals surface area contributed by atoms with E-state index in [1.54, 1.807) is 29.9 Å². The lowest BCUT2D eigenvalue weighted by Gasteiger charge is -2.44. The average Bonchev–Trinajstić information content (AvgIpc) is 3.15. The minimum atomic E-state index is -0.0557. The summed E-state index contributed by atoms with van der Waals surface area (Å²) in [6, 6.07) is 0. The van der Waals surface area contributed by atoms with Crippen molar-refractivity contribution in [2.45, 2.75) is 25.5 Å². The van der Waals surface area contributed by atoms with Crippen LogP contribution in [0.1, 0.15) is 17.8 Å². The third kappa shape index (κ3) is 3.86. The van der Waals surface area contributed by atoms with Crippen LogP contribution in [0.15, 0.2) is 30.2 Å². The minimum Gasteiger partial charge on any atom is -0.378 e. The molecular weight excluding hydrogens is 338 g/mol. The van der Waals surface area contributed by atoms with Crippen LogP contribution in [0.4, 0.5) is 5.82 Å². The second-order valence-electron chi connectivity index (χ2n) is 6.50. The van der Waals surface area contributed by atoms with Gasteiger partial charge in [0.05, 0.1) is 18.8 Å². The van der Waals surface area contributed by atoms with Crippen molar-refractivity contribution in [2.24, 2.45) is 11.8 Å². The second kappa shape index (κ2) is 7.55. The number of thiazole rings is 1. The Morgan fingerprint density at radius 3 is 3.08 bits per heavy atom. The number of carbonyl (C=O) groups is 1. The molecule has 0 saturated carbocycles. The predicted molar refractivity (Wildman–Crippen MR) is 94.0 cm³/mol. The van der Waals surface area contributed by atoms with Gasteiger partial charge in [-0.25, -0.2) is 9.97 Å². The number of hydrogen-bond acceptors (Lipinski definition) is 7. The SMILES string of the molecule is O=C(Nc1cnccn1)[C@@H]1CCO[C@@H]2CCN(Cc3nccs3)C[C@H]21. The van der Waals surface area contributed by atoms with Gasteiger partial charge in [-0.3, -0.25) is 14.7 Å². The molecule has 2 fully saturated rings. The van der Waals surface area contributed by atoms with Gasteiger partial charge in [0.15, 0.2) is 5.82 Å². The summed E-state index contributed by atoms with van der Waals surface area (Å²) in [4.78, 5) is 27.7. The highest BCUT2D eigenvalue weighted by Crippen LogP contribution is 2.34. The first-order valence-corrected chi connectivity index (χ1v) is 9.47. The van der Waals surface area contributed by atoms with Crippen LogP contribution in [0.2, 0.25) is 0 Å². The molecule has 2 aromatic rings. The van der Waals surface area contributed by atoms with Crippen molar-refractivity contribution in [1.82, 2.24) is 19.9 Å². The molecule has 4 heterocycles. The third-order valence-electron chi connectivity index (χ3n) is 4.95. The van der Waals surface area contributed by atoms with Crippen LogP contribution in [-0.2, 0) is 16.1 Å². The Bertz CT molecular complexity index is 696. The van der Waals surface area contributed by atoms with Crippen LogP contribution in [0.3, 0.4) is 0 Å². The summed E-state index contributed by atoms with van der Waals surface area (Å²) in [5.41, 5.74) is 0. The number of anilines is 1. The van der Waals surface area contributed by atoms with E-state index in [2.05, 4.69) is 25.2 Å². The topological polar surface area (TPSA) is 80.2 Å². The third-order valence-corrected chi connectivity index (χ3v) is 5.71. The van der Waals surface area contributed by atoms with E-state index in [-0.39, 0.29) is 23.8 Å². The predicted octanol–water partition coefficient (Wildman–Crippen LogP) is 1.80. The van der Waals surface area contributed by atoms with Crippen molar-refractivity contribution < 1.29 is 9.53 Å². The van der Waals surface area contributed by atoms with Gasteiger partial charge < -0.3 is 10.1 Å². The van der Waals surface area contributed by atoms with Crippen molar-refractivity contribution in [1.29, 1.82) is 0 Å². The molecule has 0 aliphatic carbocycles. The monoisotopic (exact) mass is 359 g/mol. The standard InChI is InChI=1S/C17H21N5O2S/c23-17(21-15-9-18-3-4-19-15)12-2-7-24-14-1-6-22(10-13(12)14)11-16-20-5-8-25-16/h3-5,8-9,12-14H,1-2,6-7,10-11H2,(H,19,21,23)/t12-,13+,14-/m1/s1. The lowest BCUT2D eigenvalue weighted by Crippen LogP contribution is -2.52. The Hall–Kier alpha value is -1.90. The molecule has 3 atom stereocenters. The zero-order valence-electron chi connectivity index (χ0n) is 13.9. The molecule has 1 amide bonds. The fraction of sp³-hybridized carbons (Fsp3) is 0.529. The van der Waals surface area contributed by atoms with Crippen molar-refractivity contribution in [3.05, 3.63) is 35.2 Å². The summed E-state index contributed by atoms with van der Waals surface area (Å²) in [6.45, 7) is 3.34. The van der Waals surface area contributed by atoms with Gasteiger partial charge >= 0.3 is 0 Å². The number of aromatic nitrogens is 3. The van der Waals surface area contributed by atoms with Crippen LogP contribution >= 0.6 is 11.3 Å². The molecule has 132 valence electrons. The molecular formula is C17H21N5O2S. The molecule has 2 aromatic heterocycles. The quantitative estimate of drug-likeness (QED) is 0.897. The summed E-state index contributed by atoms with van der Waals surface area (Å²) in [5.74, 6) is 0.680. The number of fused-ring (bicyclic) bond motifs is 1. The number of amides is 1. The normalized spacial score (nSPS) is 26.8. The van der Waals surface area contributed by atoms with Gasteiger partial charge in [-0.05, 0) is 12.8 Å². The zero-order chi connectivity index (χ0) is 17.1. The summed E-state index contributed by atoms with van der Waals surface area (Å²) in [7, 11) is 0. The van der Waals surface area contributed by atoms with Crippen LogP contribution in [0.5, 0.6) is 0 Å². The highest BCUT2D eigenvalue weighted by Gasteiger charge is 2.41. The first kappa shape index (κ1) is 16.6. The van der Waals surface area contributed by atoms with Crippen LogP contribution in [0, 0.1) is 11.8 Å². The lowest BCUT2D eigenvalue weighted by molar-refractivity contribution is -0.137. The van der Waals surface area contributed by atoms with E-state index in [9.17, 15) is 4.79 Å². The van der Waals surface area contributed by atoms with E-state index < -0.39 is 0 Å². The molecule has 8 heteroatoms. The fourth-order valence-electron chi connectivity index (χ4n) is 3.76. The molecule has 0 spiro atoms. The smallest absolute Gasteiger partial charge is 0.229 e. The number of carbonyl (C=O) groups excluding carboxylic acids is 1. The summed E-state index contributed by atoms with van der Waals surface area (Å²) in [5, 5.41) is 6.03. The van der Waals surface area contributed by atoms with E-state index >= 15 is 0 Å². The average molecular weight is 359 g/mol. The molecule has 2 saturated heterocycles. The molecule has 4 rings (SSSR count). The van der Waals surface area contributed by atoms with Gasteiger partial charge in [-0.15, -0.1) is 11.3 Å².